The predicted octanol–water partition coefficient (Wildman–Crippen LogP) is 3.58. The van der Waals surface area contributed by atoms with Crippen LogP contribution in [0.2, 0.25) is 0 Å². The van der Waals surface area contributed by atoms with Crippen molar-refractivity contribution in [1.82, 2.24) is 4.90 Å². The van der Waals surface area contributed by atoms with E-state index in [4.69, 9.17) is 4.74 Å². The number of fused-ring (bicyclic) bond motifs is 1. The van der Waals surface area contributed by atoms with Crippen molar-refractivity contribution in [3.8, 4) is 0 Å². The second kappa shape index (κ2) is 5.94. The third-order valence-electron chi connectivity index (χ3n) is 3.93. The maximum Gasteiger partial charge on any atom is 0.288 e. The average Bonchev–Trinajstić information content (AvgIpc) is 2.55. The minimum Gasteiger partial charge on any atom is -0.460 e. The van der Waals surface area contributed by atoms with E-state index in [0.717, 1.165) is 6.02 Å². The highest BCUT2D eigenvalue weighted by atomic mass is 16.5. The van der Waals surface area contributed by atoms with E-state index in [1.807, 2.05) is 0 Å². The summed E-state index contributed by atoms with van der Waals surface area (Å²) < 4.78 is 6.16. The fourth-order valence-electron chi connectivity index (χ4n) is 3.15. The van der Waals surface area contributed by atoms with Gasteiger partial charge in [-0.05, 0) is 47.0 Å². The lowest BCUT2D eigenvalue weighted by atomic mass is 9.93. The topological polar surface area (TPSA) is 24.8 Å². The third kappa shape index (κ3) is 2.99. The van der Waals surface area contributed by atoms with Gasteiger partial charge in [-0.2, -0.15) is 0 Å². The van der Waals surface area contributed by atoms with Crippen LogP contribution < -0.4 is 0 Å². The Hall–Kier alpha value is -0.730. The molecule has 0 spiro atoms. The lowest BCUT2D eigenvalue weighted by Crippen LogP contribution is -2.42. The van der Waals surface area contributed by atoms with Crippen molar-refractivity contribution >= 4 is 6.02 Å². The molecule has 2 aliphatic rings. The molecule has 0 aromatic heterocycles. The fraction of sp³-hybridized carbons (Fsp3) is 0.933. The zero-order valence-corrected chi connectivity index (χ0v) is 12.4. The summed E-state index contributed by atoms with van der Waals surface area (Å²) >= 11 is 0. The van der Waals surface area contributed by atoms with E-state index in [1.54, 1.807) is 0 Å². The Balaban J connectivity index is 2.18. The van der Waals surface area contributed by atoms with Gasteiger partial charge in [0.05, 0.1) is 6.04 Å². The molecular formula is C15H28N2O. The standard InChI is InChI=1S/C15H28N2O/c1-11(2)16-15-17(12(3)4)13-9-7-5-6-8-10-14(13)18-15/h11-14H,5-10H2,1-4H3. The van der Waals surface area contributed by atoms with Crippen LogP contribution >= 0.6 is 0 Å². The Labute approximate surface area is 112 Å². The minimum absolute atomic E-state index is 0.311. The fourth-order valence-corrected chi connectivity index (χ4v) is 3.15. The summed E-state index contributed by atoms with van der Waals surface area (Å²) in [5, 5.41) is 0. The number of ether oxygens (including phenoxy) is 1. The Morgan fingerprint density at radius 2 is 1.72 bits per heavy atom. The summed E-state index contributed by atoms with van der Waals surface area (Å²) in [6.45, 7) is 8.74. The Morgan fingerprint density at radius 3 is 2.33 bits per heavy atom. The molecular weight excluding hydrogens is 224 g/mol. The van der Waals surface area contributed by atoms with Gasteiger partial charge in [-0.25, -0.2) is 4.99 Å². The molecule has 1 aliphatic heterocycles. The lowest BCUT2D eigenvalue weighted by molar-refractivity contribution is 0.150. The molecule has 0 amide bonds. The summed E-state index contributed by atoms with van der Waals surface area (Å²) in [4.78, 5) is 7.11. The van der Waals surface area contributed by atoms with Gasteiger partial charge in [0.25, 0.3) is 6.02 Å². The first-order chi connectivity index (χ1) is 8.59. The molecule has 0 radical (unpaired) electrons. The zero-order chi connectivity index (χ0) is 13.1. The van der Waals surface area contributed by atoms with E-state index in [0.29, 0.717) is 24.2 Å². The molecule has 2 fully saturated rings. The van der Waals surface area contributed by atoms with Crippen LogP contribution in [0.1, 0.15) is 66.2 Å². The maximum absolute atomic E-state index is 6.16. The van der Waals surface area contributed by atoms with Gasteiger partial charge in [-0.3, -0.25) is 0 Å². The van der Waals surface area contributed by atoms with Crippen molar-refractivity contribution in [2.45, 2.75) is 90.4 Å². The van der Waals surface area contributed by atoms with Crippen LogP contribution in [-0.2, 0) is 4.74 Å². The van der Waals surface area contributed by atoms with Crippen LogP contribution in [0.25, 0.3) is 0 Å². The van der Waals surface area contributed by atoms with Crippen molar-refractivity contribution in [3.05, 3.63) is 0 Å². The molecule has 2 rings (SSSR count). The number of rotatable bonds is 2. The molecule has 18 heavy (non-hydrogen) atoms. The molecule has 1 aliphatic carbocycles. The van der Waals surface area contributed by atoms with Gasteiger partial charge in [0, 0.05) is 12.1 Å². The molecule has 0 N–H and O–H groups in total. The van der Waals surface area contributed by atoms with E-state index in [1.165, 1.54) is 38.5 Å². The van der Waals surface area contributed by atoms with Gasteiger partial charge in [-0.15, -0.1) is 0 Å². The van der Waals surface area contributed by atoms with Crippen molar-refractivity contribution in [3.63, 3.8) is 0 Å². The van der Waals surface area contributed by atoms with Crippen LogP contribution in [0.15, 0.2) is 4.99 Å². The van der Waals surface area contributed by atoms with Crippen LogP contribution in [0.4, 0.5) is 0 Å². The Bertz CT molecular complexity index is 299. The van der Waals surface area contributed by atoms with E-state index >= 15 is 0 Å². The molecule has 1 saturated carbocycles. The van der Waals surface area contributed by atoms with Gasteiger partial charge in [0.2, 0.25) is 0 Å². The van der Waals surface area contributed by atoms with Crippen LogP contribution in [0.5, 0.6) is 0 Å². The molecule has 2 unspecified atom stereocenters. The summed E-state index contributed by atoms with van der Waals surface area (Å²) in [5.74, 6) is 0. The van der Waals surface area contributed by atoms with E-state index in [2.05, 4.69) is 37.6 Å². The average molecular weight is 252 g/mol. The summed E-state index contributed by atoms with van der Waals surface area (Å²) in [6, 6.07) is 2.25. The first kappa shape index (κ1) is 13.7. The Morgan fingerprint density at radius 1 is 1.06 bits per heavy atom. The smallest absolute Gasteiger partial charge is 0.288 e. The van der Waals surface area contributed by atoms with Crippen LogP contribution in [-0.4, -0.2) is 35.2 Å². The first-order valence-corrected chi connectivity index (χ1v) is 7.62. The highest BCUT2D eigenvalue weighted by Gasteiger charge is 2.41. The number of amidine groups is 1. The van der Waals surface area contributed by atoms with Gasteiger partial charge in [0.15, 0.2) is 0 Å². The van der Waals surface area contributed by atoms with Crippen molar-refractivity contribution in [2.24, 2.45) is 4.99 Å². The van der Waals surface area contributed by atoms with Crippen LogP contribution in [0, 0.1) is 0 Å². The zero-order valence-electron chi connectivity index (χ0n) is 12.4. The molecule has 3 heteroatoms. The van der Waals surface area contributed by atoms with Crippen LogP contribution in [0.3, 0.4) is 0 Å². The molecule has 2 atom stereocenters. The molecule has 0 bridgehead atoms. The van der Waals surface area contributed by atoms with Crippen molar-refractivity contribution in [1.29, 1.82) is 0 Å². The normalized spacial score (nSPS) is 31.4. The second-order valence-corrected chi connectivity index (χ2v) is 6.22. The minimum atomic E-state index is 0.311. The SMILES string of the molecule is CC(C)N=C1OC2CCCCCCC2N1C(C)C. The molecule has 3 nitrogen and oxygen atoms in total. The first-order valence-electron chi connectivity index (χ1n) is 7.62. The predicted molar refractivity (Wildman–Crippen MR) is 75.9 cm³/mol. The highest BCUT2D eigenvalue weighted by Crippen LogP contribution is 2.31. The highest BCUT2D eigenvalue weighted by molar-refractivity contribution is 5.77. The quantitative estimate of drug-likeness (QED) is 0.750. The van der Waals surface area contributed by atoms with E-state index in [9.17, 15) is 0 Å². The number of hydrogen-bond donors (Lipinski definition) is 0. The lowest BCUT2D eigenvalue weighted by Gasteiger charge is -2.30. The maximum atomic E-state index is 6.16. The largest absolute Gasteiger partial charge is 0.460 e. The number of nitrogens with zero attached hydrogens (tertiary/aromatic N) is 2. The molecule has 1 saturated heterocycles. The third-order valence-corrected chi connectivity index (χ3v) is 3.93. The van der Waals surface area contributed by atoms with Gasteiger partial charge < -0.3 is 9.64 Å². The van der Waals surface area contributed by atoms with Crippen molar-refractivity contribution < 1.29 is 4.74 Å². The van der Waals surface area contributed by atoms with Gasteiger partial charge in [0.1, 0.15) is 6.10 Å². The molecule has 0 aromatic carbocycles. The monoisotopic (exact) mass is 252 g/mol. The summed E-state index contributed by atoms with van der Waals surface area (Å²) in [6.07, 6.45) is 8.23. The Kier molecular flexibility index (Phi) is 4.52. The number of aliphatic imine (C=N–C) groups is 1. The summed E-state index contributed by atoms with van der Waals surface area (Å²) in [7, 11) is 0. The van der Waals surface area contributed by atoms with E-state index in [-0.39, 0.29) is 0 Å². The molecule has 0 aromatic rings. The molecule has 1 heterocycles. The number of hydrogen-bond acceptors (Lipinski definition) is 2. The van der Waals surface area contributed by atoms with Gasteiger partial charge >= 0.3 is 0 Å². The van der Waals surface area contributed by atoms with Crippen molar-refractivity contribution in [2.75, 3.05) is 0 Å². The van der Waals surface area contributed by atoms with Gasteiger partial charge in [-0.1, -0.05) is 19.3 Å². The summed E-state index contributed by atoms with van der Waals surface area (Å²) in [5.41, 5.74) is 0. The second-order valence-electron chi connectivity index (χ2n) is 6.22. The van der Waals surface area contributed by atoms with E-state index < -0.39 is 0 Å². The molecule has 104 valence electrons.